The van der Waals surface area contributed by atoms with Crippen molar-refractivity contribution in [3.63, 3.8) is 0 Å². The summed E-state index contributed by atoms with van der Waals surface area (Å²) < 4.78 is 0. The summed E-state index contributed by atoms with van der Waals surface area (Å²) in [6.45, 7) is 3.77. The first-order chi connectivity index (χ1) is 24.0. The molecule has 4 aromatic rings. The van der Waals surface area contributed by atoms with Crippen LogP contribution in [0.3, 0.4) is 0 Å². The van der Waals surface area contributed by atoms with Crippen molar-refractivity contribution in [2.24, 2.45) is 22.3 Å². The summed E-state index contributed by atoms with van der Waals surface area (Å²) >= 11 is 24.7. The van der Waals surface area contributed by atoms with Gasteiger partial charge in [0.1, 0.15) is 23.0 Å². The zero-order valence-corrected chi connectivity index (χ0v) is 30.8. The minimum absolute atomic E-state index is 0.351. The number of aromatic nitrogens is 4. The molecule has 50 heavy (non-hydrogen) atoms. The maximum atomic E-state index is 6.28. The molecule has 4 aliphatic rings. The van der Waals surface area contributed by atoms with Gasteiger partial charge in [-0.3, -0.25) is 0 Å². The summed E-state index contributed by atoms with van der Waals surface area (Å²) in [5.74, 6) is 2.34. The number of nitrogens with zero attached hydrogens (tertiary/aromatic N) is 6. The third kappa shape index (κ3) is 6.55. The molecule has 0 unspecified atom stereocenters. The summed E-state index contributed by atoms with van der Waals surface area (Å²) in [6, 6.07) is 11.5. The average molecular weight is 757 g/mol. The van der Waals surface area contributed by atoms with E-state index in [-0.39, 0.29) is 0 Å². The number of nitrogen functional groups attached to an aromatic ring is 2. The Labute approximate surface area is 312 Å². The first-order valence-electron chi connectivity index (χ1n) is 17.2. The second kappa shape index (κ2) is 14.1. The predicted molar refractivity (Wildman–Crippen MR) is 206 cm³/mol. The third-order valence-electron chi connectivity index (χ3n) is 11.6. The van der Waals surface area contributed by atoms with Gasteiger partial charge in [-0.1, -0.05) is 70.7 Å². The fraction of sp³-hybridized carbons (Fsp3) is 0.444. The van der Waals surface area contributed by atoms with Crippen LogP contribution in [0.1, 0.15) is 51.4 Å². The van der Waals surface area contributed by atoms with Gasteiger partial charge in [0, 0.05) is 49.4 Å². The van der Waals surface area contributed by atoms with E-state index < -0.39 is 0 Å². The number of hydrogen-bond donors (Lipinski definition) is 4. The van der Waals surface area contributed by atoms with E-state index in [9.17, 15) is 0 Å². The maximum Gasteiger partial charge on any atom is 0.152 e. The standard InChI is InChI=1S/2C18H21Cl2N5/c2*19-12-3-1-2-11(15(12)20)16-17(22)24-14(10-23-16)25-8-6-18(7-9-25)5-4-13(18)21/h2*1-3,10,13H,4-9,21H2,(H2,22,24)/t2*13-/m10/s1. The third-order valence-corrected chi connectivity index (χ3v) is 13.3. The van der Waals surface area contributed by atoms with Crippen LogP contribution in [-0.4, -0.2) is 58.2 Å². The van der Waals surface area contributed by atoms with Crippen molar-refractivity contribution in [2.45, 2.75) is 63.5 Å². The van der Waals surface area contributed by atoms with Crippen LogP contribution in [0.4, 0.5) is 23.3 Å². The van der Waals surface area contributed by atoms with E-state index in [4.69, 9.17) is 69.3 Å². The summed E-state index contributed by atoms with van der Waals surface area (Å²) in [7, 11) is 0. The topological polar surface area (TPSA) is 162 Å². The molecule has 2 spiro atoms. The Morgan fingerprint density at radius 1 is 0.580 bits per heavy atom. The van der Waals surface area contributed by atoms with E-state index >= 15 is 0 Å². The monoisotopic (exact) mass is 754 g/mol. The summed E-state index contributed by atoms with van der Waals surface area (Å²) in [4.78, 5) is 22.6. The number of halogens is 4. The quantitative estimate of drug-likeness (QED) is 0.164. The van der Waals surface area contributed by atoms with Crippen molar-refractivity contribution in [3.05, 3.63) is 68.9 Å². The van der Waals surface area contributed by atoms with Gasteiger partial charge < -0.3 is 32.7 Å². The normalized spacial score (nSPS) is 22.0. The van der Waals surface area contributed by atoms with Crippen LogP contribution in [0.15, 0.2) is 48.8 Å². The molecule has 14 heteroatoms. The number of nitrogens with two attached hydrogens (primary N) is 4. The highest BCUT2D eigenvalue weighted by molar-refractivity contribution is 6.44. The fourth-order valence-corrected chi connectivity index (χ4v) is 8.70. The van der Waals surface area contributed by atoms with Crippen molar-refractivity contribution in [1.29, 1.82) is 0 Å². The van der Waals surface area contributed by atoms with Gasteiger partial charge >= 0.3 is 0 Å². The van der Waals surface area contributed by atoms with Gasteiger partial charge in [0.25, 0.3) is 0 Å². The first kappa shape index (κ1) is 35.3. The SMILES string of the molecule is Nc1nc(N2CCC3(CC[C@@H]3N)CC2)cnc1-c1cccc(Cl)c1Cl.Nc1nc(N2CCC3(CC[C@H]3N)CC2)cnc1-c1cccc(Cl)c1Cl. The molecule has 0 bridgehead atoms. The smallest absolute Gasteiger partial charge is 0.152 e. The number of hydrogen-bond acceptors (Lipinski definition) is 10. The Morgan fingerprint density at radius 2 is 0.960 bits per heavy atom. The Kier molecular flexibility index (Phi) is 9.97. The van der Waals surface area contributed by atoms with E-state index in [0.29, 0.717) is 77.2 Å². The highest BCUT2D eigenvalue weighted by Crippen LogP contribution is 2.49. The van der Waals surface area contributed by atoms with Crippen molar-refractivity contribution < 1.29 is 0 Å². The highest BCUT2D eigenvalue weighted by atomic mass is 35.5. The molecule has 10 nitrogen and oxygen atoms in total. The molecule has 0 radical (unpaired) electrons. The molecule has 2 atom stereocenters. The summed E-state index contributed by atoms with van der Waals surface area (Å²) in [5.41, 5.74) is 28.0. The zero-order valence-electron chi connectivity index (χ0n) is 27.8. The lowest BCUT2D eigenvalue weighted by atomic mass is 9.60. The number of benzene rings is 2. The van der Waals surface area contributed by atoms with Crippen molar-refractivity contribution in [3.8, 4) is 22.5 Å². The highest BCUT2D eigenvalue weighted by Gasteiger charge is 2.47. The van der Waals surface area contributed by atoms with Crippen LogP contribution in [0.5, 0.6) is 0 Å². The van der Waals surface area contributed by atoms with E-state index in [1.165, 1.54) is 12.8 Å². The van der Waals surface area contributed by atoms with E-state index in [1.807, 2.05) is 24.3 Å². The Hall–Kier alpha value is -3.12. The Balaban J connectivity index is 0.000000157. The predicted octanol–water partition coefficient (Wildman–Crippen LogP) is 7.48. The molecule has 8 N–H and O–H groups in total. The van der Waals surface area contributed by atoms with Gasteiger partial charge in [0.2, 0.25) is 0 Å². The fourth-order valence-electron chi connectivity index (χ4n) is 7.92. The number of anilines is 4. The summed E-state index contributed by atoms with van der Waals surface area (Å²) in [6.07, 6.45) is 12.8. The van der Waals surface area contributed by atoms with E-state index in [2.05, 4.69) is 29.7 Å². The van der Waals surface area contributed by atoms with Gasteiger partial charge in [-0.15, -0.1) is 0 Å². The molecule has 2 saturated carbocycles. The van der Waals surface area contributed by atoms with Crippen molar-refractivity contribution in [2.75, 3.05) is 47.4 Å². The minimum Gasteiger partial charge on any atom is -0.382 e. The molecular weight excluding hydrogens is 714 g/mol. The van der Waals surface area contributed by atoms with E-state index in [1.54, 1.807) is 24.5 Å². The molecule has 2 aromatic carbocycles. The van der Waals surface area contributed by atoms with Gasteiger partial charge in [-0.2, -0.15) is 0 Å². The molecule has 4 heterocycles. The lowest BCUT2D eigenvalue weighted by Crippen LogP contribution is -2.56. The van der Waals surface area contributed by atoms with Crippen molar-refractivity contribution >= 4 is 69.7 Å². The van der Waals surface area contributed by atoms with Crippen LogP contribution < -0.4 is 32.7 Å². The maximum absolute atomic E-state index is 6.28. The Bertz CT molecular complexity index is 1740. The molecule has 2 aliphatic heterocycles. The molecule has 2 aliphatic carbocycles. The molecule has 8 rings (SSSR count). The molecule has 4 fully saturated rings. The van der Waals surface area contributed by atoms with Gasteiger partial charge in [-0.05, 0) is 74.3 Å². The second-order valence-corrected chi connectivity index (χ2v) is 15.7. The van der Waals surface area contributed by atoms with Crippen LogP contribution in [0.2, 0.25) is 20.1 Å². The van der Waals surface area contributed by atoms with Crippen LogP contribution >= 0.6 is 46.4 Å². The molecule has 264 valence electrons. The molecule has 2 aromatic heterocycles. The van der Waals surface area contributed by atoms with Crippen molar-refractivity contribution in [1.82, 2.24) is 19.9 Å². The zero-order chi connectivity index (χ0) is 35.2. The molecular formula is C36H42Cl4N10. The van der Waals surface area contributed by atoms with E-state index in [0.717, 1.165) is 76.3 Å². The lowest BCUT2D eigenvalue weighted by Gasteiger charge is -2.52. The van der Waals surface area contributed by atoms with Crippen LogP contribution in [-0.2, 0) is 0 Å². The Morgan fingerprint density at radius 3 is 1.26 bits per heavy atom. The van der Waals surface area contributed by atoms with Gasteiger partial charge in [0.05, 0.1) is 32.5 Å². The first-order valence-corrected chi connectivity index (χ1v) is 18.7. The molecule has 0 amide bonds. The number of piperidine rings is 2. The van der Waals surface area contributed by atoms with Gasteiger partial charge in [-0.25, -0.2) is 19.9 Å². The minimum atomic E-state index is 0.351. The number of rotatable bonds is 4. The van der Waals surface area contributed by atoms with Crippen LogP contribution in [0.25, 0.3) is 22.5 Å². The molecule has 2 saturated heterocycles. The second-order valence-electron chi connectivity index (χ2n) is 14.1. The summed E-state index contributed by atoms with van der Waals surface area (Å²) in [5, 5.41) is 1.83. The van der Waals surface area contributed by atoms with Gasteiger partial charge in [0.15, 0.2) is 11.6 Å². The average Bonchev–Trinajstić information content (AvgIpc) is 3.13. The van der Waals surface area contributed by atoms with Crippen LogP contribution in [0, 0.1) is 10.8 Å². The lowest BCUT2D eigenvalue weighted by molar-refractivity contribution is 0.0610. The largest absolute Gasteiger partial charge is 0.382 e.